The van der Waals surface area contributed by atoms with E-state index in [9.17, 15) is 9.90 Å². The van der Waals surface area contributed by atoms with E-state index in [4.69, 9.17) is 37.8 Å². The van der Waals surface area contributed by atoms with E-state index in [1.165, 1.54) is 6.07 Å². The summed E-state index contributed by atoms with van der Waals surface area (Å²) in [7, 11) is 0. The predicted molar refractivity (Wildman–Crippen MR) is 114 cm³/mol. The Morgan fingerprint density at radius 1 is 1.17 bits per heavy atom. The quantitative estimate of drug-likeness (QED) is 0.354. The first-order valence-electron chi connectivity index (χ1n) is 9.21. The van der Waals surface area contributed by atoms with Crippen molar-refractivity contribution < 1.29 is 24.5 Å². The second-order valence-corrected chi connectivity index (χ2v) is 7.43. The van der Waals surface area contributed by atoms with Crippen LogP contribution in [0.2, 0.25) is 10.0 Å². The monoisotopic (exact) mass is 450 g/mol. The lowest BCUT2D eigenvalue weighted by Crippen LogP contribution is -2.00. The number of H-pyrrole nitrogens is 1. The van der Waals surface area contributed by atoms with Gasteiger partial charge in [-0.15, -0.1) is 0 Å². The number of aromatic amines is 1. The number of phenols is 1. The van der Waals surface area contributed by atoms with Crippen LogP contribution in [0.4, 0.5) is 0 Å². The van der Waals surface area contributed by atoms with Gasteiger partial charge < -0.3 is 19.7 Å². The molecule has 0 aliphatic heterocycles. The largest absolute Gasteiger partial charge is 0.507 e. The highest BCUT2D eigenvalue weighted by Crippen LogP contribution is 2.41. The van der Waals surface area contributed by atoms with Crippen molar-refractivity contribution >= 4 is 29.2 Å². The first-order valence-corrected chi connectivity index (χ1v) is 9.96. The molecule has 0 aliphatic rings. The molecule has 3 rings (SSSR count). The van der Waals surface area contributed by atoms with Crippen molar-refractivity contribution in [3.05, 3.63) is 52.1 Å². The number of aromatic nitrogens is 2. The van der Waals surface area contributed by atoms with Crippen LogP contribution in [0.5, 0.6) is 23.0 Å². The number of carboxylic acids is 1. The number of phenolic OH excluding ortho intramolecular Hbond substituents is 1. The molecule has 0 fully saturated rings. The summed E-state index contributed by atoms with van der Waals surface area (Å²) in [5.74, 6) is 0.451. The first-order chi connectivity index (χ1) is 14.3. The highest BCUT2D eigenvalue weighted by Gasteiger charge is 2.19. The smallest absolute Gasteiger partial charge is 0.303 e. The maximum absolute atomic E-state index is 10.5. The third-order valence-electron chi connectivity index (χ3n) is 4.28. The Labute approximate surface area is 183 Å². The van der Waals surface area contributed by atoms with Gasteiger partial charge in [0.2, 0.25) is 0 Å². The molecular weight excluding hydrogens is 431 g/mol. The number of hydrogen-bond donors (Lipinski definition) is 3. The van der Waals surface area contributed by atoms with Crippen molar-refractivity contribution in [1.29, 1.82) is 0 Å². The van der Waals surface area contributed by atoms with E-state index in [1.807, 2.05) is 0 Å². The molecule has 0 saturated carbocycles. The third-order valence-corrected chi connectivity index (χ3v) is 4.81. The van der Waals surface area contributed by atoms with Crippen molar-refractivity contribution in [1.82, 2.24) is 10.2 Å². The SMILES string of the molecule is Cc1[nH]nc(-c2ccc(OCCCCC(=O)O)cc2O)c1Oc1ccc(Cl)cc1Cl. The van der Waals surface area contributed by atoms with E-state index in [2.05, 4.69) is 10.2 Å². The molecule has 1 aromatic heterocycles. The fourth-order valence-electron chi connectivity index (χ4n) is 2.76. The Morgan fingerprint density at radius 2 is 1.97 bits per heavy atom. The average Bonchev–Trinajstić information content (AvgIpc) is 3.04. The zero-order valence-corrected chi connectivity index (χ0v) is 17.6. The van der Waals surface area contributed by atoms with E-state index in [1.54, 1.807) is 37.3 Å². The molecule has 2 aromatic carbocycles. The number of benzene rings is 2. The number of unbranched alkanes of at least 4 members (excludes halogenated alkanes) is 1. The normalized spacial score (nSPS) is 10.8. The van der Waals surface area contributed by atoms with Gasteiger partial charge in [0.05, 0.1) is 17.3 Å². The molecule has 158 valence electrons. The number of aromatic hydroxyl groups is 1. The summed E-state index contributed by atoms with van der Waals surface area (Å²) in [5, 5.41) is 27.1. The summed E-state index contributed by atoms with van der Waals surface area (Å²) in [6.45, 7) is 2.15. The van der Waals surface area contributed by atoms with E-state index >= 15 is 0 Å². The fraction of sp³-hybridized carbons (Fsp3) is 0.238. The predicted octanol–water partition coefficient (Wildman–Crippen LogP) is 5.82. The van der Waals surface area contributed by atoms with Gasteiger partial charge in [-0.1, -0.05) is 23.2 Å². The highest BCUT2D eigenvalue weighted by atomic mass is 35.5. The van der Waals surface area contributed by atoms with Crippen LogP contribution in [0.3, 0.4) is 0 Å². The Morgan fingerprint density at radius 3 is 2.67 bits per heavy atom. The number of hydrogen-bond acceptors (Lipinski definition) is 5. The van der Waals surface area contributed by atoms with Crippen molar-refractivity contribution in [2.24, 2.45) is 0 Å². The van der Waals surface area contributed by atoms with Gasteiger partial charge in [-0.2, -0.15) is 5.10 Å². The molecule has 7 nitrogen and oxygen atoms in total. The van der Waals surface area contributed by atoms with Gasteiger partial charge in [-0.05, 0) is 50.1 Å². The van der Waals surface area contributed by atoms with Crippen LogP contribution in [0, 0.1) is 6.92 Å². The Bertz CT molecular complexity index is 1050. The van der Waals surface area contributed by atoms with Crippen molar-refractivity contribution in [2.45, 2.75) is 26.2 Å². The molecule has 0 saturated heterocycles. The number of carboxylic acid groups (broad SMARTS) is 1. The van der Waals surface area contributed by atoms with Crippen LogP contribution in [0.1, 0.15) is 25.0 Å². The van der Waals surface area contributed by atoms with Gasteiger partial charge in [-0.25, -0.2) is 0 Å². The number of ether oxygens (including phenoxy) is 2. The van der Waals surface area contributed by atoms with Crippen LogP contribution in [0.25, 0.3) is 11.3 Å². The molecule has 0 atom stereocenters. The zero-order chi connectivity index (χ0) is 21.7. The van der Waals surface area contributed by atoms with Crippen LogP contribution < -0.4 is 9.47 Å². The van der Waals surface area contributed by atoms with Gasteiger partial charge in [0.25, 0.3) is 0 Å². The lowest BCUT2D eigenvalue weighted by atomic mass is 10.1. The van der Waals surface area contributed by atoms with Crippen molar-refractivity contribution in [3.63, 3.8) is 0 Å². The number of aryl methyl sites for hydroxylation is 1. The van der Waals surface area contributed by atoms with Gasteiger partial charge in [0.15, 0.2) is 5.75 Å². The van der Waals surface area contributed by atoms with E-state index in [-0.39, 0.29) is 12.2 Å². The molecule has 0 radical (unpaired) electrons. The number of aliphatic carboxylic acids is 1. The molecule has 0 unspecified atom stereocenters. The standard InChI is InChI=1S/C21H20Cl2N2O5/c1-12-21(30-18-8-5-13(22)10-16(18)23)20(25-24-12)15-7-6-14(11-17(15)26)29-9-3-2-4-19(27)28/h5-8,10-11,26H,2-4,9H2,1H3,(H,24,25)(H,27,28). The maximum atomic E-state index is 10.5. The van der Waals surface area contributed by atoms with Gasteiger partial charge >= 0.3 is 5.97 Å². The molecule has 0 spiro atoms. The molecule has 3 N–H and O–H groups in total. The zero-order valence-electron chi connectivity index (χ0n) is 16.1. The number of nitrogens with one attached hydrogen (secondary N) is 1. The second kappa shape index (κ2) is 9.73. The average molecular weight is 451 g/mol. The summed E-state index contributed by atoms with van der Waals surface area (Å²) < 4.78 is 11.5. The summed E-state index contributed by atoms with van der Waals surface area (Å²) >= 11 is 12.1. The highest BCUT2D eigenvalue weighted by molar-refractivity contribution is 6.35. The molecule has 0 aliphatic carbocycles. The Kier molecular flexibility index (Phi) is 7.07. The number of halogens is 2. The molecule has 1 heterocycles. The number of nitrogens with zero attached hydrogens (tertiary/aromatic N) is 1. The maximum Gasteiger partial charge on any atom is 0.303 e. The van der Waals surface area contributed by atoms with Crippen LogP contribution in [-0.4, -0.2) is 33.0 Å². The fourth-order valence-corrected chi connectivity index (χ4v) is 3.21. The minimum atomic E-state index is -0.829. The summed E-state index contributed by atoms with van der Waals surface area (Å²) in [6, 6.07) is 9.76. The first kappa shape index (κ1) is 21.8. The van der Waals surface area contributed by atoms with Gasteiger partial charge in [0, 0.05) is 23.1 Å². The molecule has 9 heteroatoms. The Hall–Kier alpha value is -2.90. The van der Waals surface area contributed by atoms with Gasteiger partial charge in [0.1, 0.15) is 22.9 Å². The minimum absolute atomic E-state index is 0.0309. The summed E-state index contributed by atoms with van der Waals surface area (Å²) in [4.78, 5) is 10.5. The third kappa shape index (κ3) is 5.37. The molecule has 3 aromatic rings. The molecule has 30 heavy (non-hydrogen) atoms. The Balaban J connectivity index is 1.75. The molecule has 0 bridgehead atoms. The van der Waals surface area contributed by atoms with Crippen molar-refractivity contribution in [3.8, 4) is 34.3 Å². The van der Waals surface area contributed by atoms with Crippen molar-refractivity contribution in [2.75, 3.05) is 6.61 Å². The van der Waals surface area contributed by atoms with Gasteiger partial charge in [-0.3, -0.25) is 9.89 Å². The topological polar surface area (TPSA) is 105 Å². The van der Waals surface area contributed by atoms with E-state index < -0.39 is 5.97 Å². The number of rotatable bonds is 9. The lowest BCUT2D eigenvalue weighted by molar-refractivity contribution is -0.137. The number of carbonyl (C=O) groups is 1. The molecule has 0 amide bonds. The summed E-state index contributed by atoms with van der Waals surface area (Å²) in [6.07, 6.45) is 1.24. The van der Waals surface area contributed by atoms with E-state index in [0.717, 1.165) is 0 Å². The lowest BCUT2D eigenvalue weighted by Gasteiger charge is -2.11. The van der Waals surface area contributed by atoms with Crippen LogP contribution in [-0.2, 0) is 4.79 Å². The van der Waals surface area contributed by atoms with Crippen LogP contribution >= 0.6 is 23.2 Å². The van der Waals surface area contributed by atoms with Crippen LogP contribution in [0.15, 0.2) is 36.4 Å². The minimum Gasteiger partial charge on any atom is -0.507 e. The van der Waals surface area contributed by atoms with E-state index in [0.29, 0.717) is 63.7 Å². The second-order valence-electron chi connectivity index (χ2n) is 6.58. The molecular formula is C21H20Cl2N2O5. The summed E-state index contributed by atoms with van der Waals surface area (Å²) in [5.41, 5.74) is 1.54.